The largest absolute Gasteiger partial charge is 0.397 e. The van der Waals surface area contributed by atoms with Crippen molar-refractivity contribution in [1.29, 1.82) is 0 Å². The molecule has 0 atom stereocenters. The van der Waals surface area contributed by atoms with Crippen LogP contribution in [-0.2, 0) is 13.6 Å². The summed E-state index contributed by atoms with van der Waals surface area (Å²) in [6.07, 6.45) is 6.38. The highest BCUT2D eigenvalue weighted by atomic mass is 16.2. The molecule has 1 aliphatic heterocycles. The van der Waals surface area contributed by atoms with Crippen LogP contribution in [0.2, 0.25) is 0 Å². The molecule has 9 heteroatoms. The highest BCUT2D eigenvalue weighted by molar-refractivity contribution is 5.94. The molecule has 190 valence electrons. The van der Waals surface area contributed by atoms with Gasteiger partial charge >= 0.3 is 0 Å². The van der Waals surface area contributed by atoms with Crippen LogP contribution in [0, 0.1) is 6.92 Å². The number of carbonyl (C=O) groups is 1. The maximum absolute atomic E-state index is 12.5. The standard InChI is InChI=1S/C28H31N7O2/c1-18-13-20(28(37)32(2)3)5-6-23(18)19-8-11-34(12-9-19)17-22-15-24-25(7-10-30-27(24)33(22)4)35-26(36)14-21(29)16-31-35/h5-8,10,13-16H,9,11-12,17,29H2,1-4H3. The molecule has 2 N–H and O–H groups in total. The van der Waals surface area contributed by atoms with Gasteiger partial charge in [0.05, 0.1) is 17.6 Å². The molecule has 0 bridgehead atoms. The zero-order valence-electron chi connectivity index (χ0n) is 21.6. The summed E-state index contributed by atoms with van der Waals surface area (Å²) in [5, 5.41) is 5.09. The lowest BCUT2D eigenvalue weighted by atomic mass is 9.94. The zero-order valence-corrected chi connectivity index (χ0v) is 21.6. The Hall–Kier alpha value is -4.24. The quantitative estimate of drug-likeness (QED) is 0.455. The number of rotatable bonds is 5. The fourth-order valence-electron chi connectivity index (χ4n) is 4.94. The summed E-state index contributed by atoms with van der Waals surface area (Å²) in [7, 11) is 5.54. The molecular weight excluding hydrogens is 466 g/mol. The number of nitrogen functional groups attached to an aromatic ring is 1. The smallest absolute Gasteiger partial charge is 0.273 e. The highest BCUT2D eigenvalue weighted by Crippen LogP contribution is 2.28. The van der Waals surface area contributed by atoms with Gasteiger partial charge in [0, 0.05) is 69.7 Å². The molecule has 0 saturated carbocycles. The van der Waals surface area contributed by atoms with E-state index in [-0.39, 0.29) is 11.5 Å². The molecule has 5 rings (SSSR count). The lowest BCUT2D eigenvalue weighted by Crippen LogP contribution is -2.29. The normalized spacial score (nSPS) is 14.1. The maximum Gasteiger partial charge on any atom is 0.273 e. The van der Waals surface area contributed by atoms with Gasteiger partial charge in [0.25, 0.3) is 11.5 Å². The Morgan fingerprint density at radius 2 is 1.97 bits per heavy atom. The monoisotopic (exact) mass is 497 g/mol. The molecule has 3 aromatic heterocycles. The summed E-state index contributed by atoms with van der Waals surface area (Å²) < 4.78 is 3.44. The molecule has 1 aromatic carbocycles. The van der Waals surface area contributed by atoms with Gasteiger partial charge in [0.15, 0.2) is 0 Å². The van der Waals surface area contributed by atoms with Crippen molar-refractivity contribution in [3.05, 3.63) is 87.6 Å². The van der Waals surface area contributed by atoms with E-state index in [4.69, 9.17) is 5.73 Å². The summed E-state index contributed by atoms with van der Waals surface area (Å²) in [6.45, 7) is 4.57. The first-order chi connectivity index (χ1) is 17.7. The molecule has 0 unspecified atom stereocenters. The molecule has 1 aliphatic rings. The minimum Gasteiger partial charge on any atom is -0.397 e. The van der Waals surface area contributed by atoms with Crippen molar-refractivity contribution in [1.82, 2.24) is 29.1 Å². The number of hydrogen-bond donors (Lipinski definition) is 1. The minimum absolute atomic E-state index is 0.0168. The van der Waals surface area contributed by atoms with E-state index in [1.807, 2.05) is 19.2 Å². The van der Waals surface area contributed by atoms with E-state index < -0.39 is 0 Å². The van der Waals surface area contributed by atoms with E-state index in [0.29, 0.717) is 16.9 Å². The summed E-state index contributed by atoms with van der Waals surface area (Å²) in [5.74, 6) is 0.0168. The summed E-state index contributed by atoms with van der Waals surface area (Å²) in [6, 6.07) is 11.2. The number of nitrogens with zero attached hydrogens (tertiary/aromatic N) is 6. The van der Waals surface area contributed by atoms with Gasteiger partial charge in [-0.25, -0.2) is 4.98 Å². The fourth-order valence-corrected chi connectivity index (χ4v) is 4.94. The first-order valence-electron chi connectivity index (χ1n) is 12.3. The molecule has 4 aromatic rings. The van der Waals surface area contributed by atoms with Crippen molar-refractivity contribution in [3.63, 3.8) is 0 Å². The van der Waals surface area contributed by atoms with Crippen molar-refractivity contribution >= 4 is 28.2 Å². The number of hydrogen-bond acceptors (Lipinski definition) is 6. The van der Waals surface area contributed by atoms with Crippen molar-refractivity contribution in [3.8, 4) is 5.69 Å². The average Bonchev–Trinajstić information content (AvgIpc) is 3.19. The van der Waals surface area contributed by atoms with E-state index in [2.05, 4.69) is 44.7 Å². The van der Waals surface area contributed by atoms with E-state index in [1.54, 1.807) is 31.3 Å². The van der Waals surface area contributed by atoms with E-state index >= 15 is 0 Å². The predicted octanol–water partition coefficient (Wildman–Crippen LogP) is 3.00. The first kappa shape index (κ1) is 24.5. The Morgan fingerprint density at radius 1 is 1.16 bits per heavy atom. The number of benzene rings is 1. The molecule has 0 radical (unpaired) electrons. The second-order valence-electron chi connectivity index (χ2n) is 9.74. The molecule has 1 amide bonds. The molecular formula is C28H31N7O2. The molecule has 37 heavy (non-hydrogen) atoms. The zero-order chi connectivity index (χ0) is 26.3. The van der Waals surface area contributed by atoms with Gasteiger partial charge in [0.1, 0.15) is 5.65 Å². The third-order valence-corrected chi connectivity index (χ3v) is 6.96. The second kappa shape index (κ2) is 9.67. The topological polar surface area (TPSA) is 102 Å². The van der Waals surface area contributed by atoms with Crippen LogP contribution in [0.4, 0.5) is 5.69 Å². The van der Waals surface area contributed by atoms with Crippen molar-refractivity contribution < 1.29 is 4.79 Å². The number of pyridine rings is 1. The van der Waals surface area contributed by atoms with Crippen LogP contribution in [0.15, 0.2) is 59.7 Å². The summed E-state index contributed by atoms with van der Waals surface area (Å²) in [4.78, 5) is 33.4. The number of fused-ring (bicyclic) bond motifs is 1. The van der Waals surface area contributed by atoms with Crippen molar-refractivity contribution in [2.75, 3.05) is 32.9 Å². The van der Waals surface area contributed by atoms with Crippen LogP contribution in [-0.4, -0.2) is 62.2 Å². The SMILES string of the molecule is Cc1cc(C(=O)N(C)C)ccc1C1=CCN(Cc2cc3c(-n4ncc(N)cc4=O)ccnc3n2C)CC1. The fraction of sp³-hybridized carbons (Fsp3) is 0.286. The lowest BCUT2D eigenvalue weighted by molar-refractivity contribution is 0.0827. The average molecular weight is 498 g/mol. The summed E-state index contributed by atoms with van der Waals surface area (Å²) >= 11 is 0. The van der Waals surface area contributed by atoms with Gasteiger partial charge in [-0.2, -0.15) is 9.78 Å². The first-order valence-corrected chi connectivity index (χ1v) is 12.3. The Morgan fingerprint density at radius 3 is 2.65 bits per heavy atom. The van der Waals surface area contributed by atoms with Gasteiger partial charge in [-0.3, -0.25) is 14.5 Å². The van der Waals surface area contributed by atoms with E-state index in [9.17, 15) is 9.59 Å². The van der Waals surface area contributed by atoms with Crippen LogP contribution in [0.3, 0.4) is 0 Å². The second-order valence-corrected chi connectivity index (χ2v) is 9.74. The molecule has 9 nitrogen and oxygen atoms in total. The van der Waals surface area contributed by atoms with Crippen LogP contribution in [0.5, 0.6) is 0 Å². The molecule has 4 heterocycles. The van der Waals surface area contributed by atoms with E-state index in [0.717, 1.165) is 48.3 Å². The third-order valence-electron chi connectivity index (χ3n) is 6.96. The number of carbonyl (C=O) groups excluding carboxylic acids is 1. The number of nitrogens with two attached hydrogens (primary N) is 1. The van der Waals surface area contributed by atoms with Gasteiger partial charge < -0.3 is 15.2 Å². The van der Waals surface area contributed by atoms with Crippen molar-refractivity contribution in [2.24, 2.45) is 7.05 Å². The number of aryl methyl sites for hydroxylation is 2. The van der Waals surface area contributed by atoms with Gasteiger partial charge in [0.2, 0.25) is 0 Å². The highest BCUT2D eigenvalue weighted by Gasteiger charge is 2.19. The molecule has 0 fully saturated rings. The molecule has 0 aliphatic carbocycles. The number of anilines is 1. The van der Waals surface area contributed by atoms with Crippen LogP contribution in [0.1, 0.15) is 33.6 Å². The predicted molar refractivity (Wildman–Crippen MR) is 146 cm³/mol. The molecule has 0 spiro atoms. The maximum atomic E-state index is 12.5. The van der Waals surface area contributed by atoms with Gasteiger partial charge in [-0.1, -0.05) is 12.1 Å². The van der Waals surface area contributed by atoms with Crippen LogP contribution in [0.25, 0.3) is 22.3 Å². The molecule has 0 saturated heterocycles. The Balaban J connectivity index is 1.37. The minimum atomic E-state index is -0.277. The van der Waals surface area contributed by atoms with Crippen molar-refractivity contribution in [2.45, 2.75) is 19.9 Å². The third kappa shape index (κ3) is 4.65. The van der Waals surface area contributed by atoms with Gasteiger partial charge in [-0.15, -0.1) is 0 Å². The Bertz CT molecular complexity index is 1600. The van der Waals surface area contributed by atoms with E-state index in [1.165, 1.54) is 28.1 Å². The number of amides is 1. The van der Waals surface area contributed by atoms with Crippen LogP contribution >= 0.6 is 0 Å². The number of aromatic nitrogens is 4. The Kier molecular flexibility index (Phi) is 6.39. The lowest BCUT2D eigenvalue weighted by Gasteiger charge is -2.27. The van der Waals surface area contributed by atoms with Crippen LogP contribution < -0.4 is 11.3 Å². The van der Waals surface area contributed by atoms with Gasteiger partial charge in [-0.05, 0) is 54.3 Å². The summed E-state index contributed by atoms with van der Waals surface area (Å²) in [5.41, 5.74) is 12.7. The Labute approximate surface area is 215 Å².